The molecule has 2 aromatic carbocycles. The molecule has 0 aliphatic rings. The van der Waals surface area contributed by atoms with Gasteiger partial charge in [-0.15, -0.1) is 0 Å². The molecule has 0 bridgehead atoms. The molecule has 0 amide bonds. The van der Waals surface area contributed by atoms with E-state index >= 15 is 0 Å². The summed E-state index contributed by atoms with van der Waals surface area (Å²) in [6.07, 6.45) is 2.29. The van der Waals surface area contributed by atoms with Crippen LogP contribution in [0, 0.1) is 0 Å². The molecule has 1 N–H and O–H groups in total. The zero-order chi connectivity index (χ0) is 17.2. The third-order valence-corrected chi connectivity index (χ3v) is 4.33. The summed E-state index contributed by atoms with van der Waals surface area (Å²) < 4.78 is 5.15. The van der Waals surface area contributed by atoms with Gasteiger partial charge in [0.1, 0.15) is 11.5 Å². The Balaban J connectivity index is 0.000000231. The van der Waals surface area contributed by atoms with Gasteiger partial charge in [0.25, 0.3) is 0 Å². The van der Waals surface area contributed by atoms with Crippen molar-refractivity contribution >= 4 is 0 Å². The molecule has 2 atom stereocenters. The molecule has 23 heavy (non-hydrogen) atoms. The van der Waals surface area contributed by atoms with Gasteiger partial charge >= 0.3 is 0 Å². The second-order valence-electron chi connectivity index (χ2n) is 5.99. The van der Waals surface area contributed by atoms with E-state index in [9.17, 15) is 0 Å². The average molecular weight is 314 g/mol. The summed E-state index contributed by atoms with van der Waals surface area (Å²) in [5.74, 6) is 2.48. The Labute approximate surface area is 141 Å². The zero-order valence-electron chi connectivity index (χ0n) is 15.0. The van der Waals surface area contributed by atoms with Crippen molar-refractivity contribution in [1.82, 2.24) is 0 Å². The Morgan fingerprint density at radius 1 is 0.870 bits per heavy atom. The number of methoxy groups -OCH3 is 1. The van der Waals surface area contributed by atoms with Crippen LogP contribution in [0.2, 0.25) is 0 Å². The van der Waals surface area contributed by atoms with Crippen LogP contribution in [0.1, 0.15) is 63.5 Å². The predicted octanol–water partition coefficient (Wildman–Crippen LogP) is 6.11. The molecule has 0 aliphatic carbocycles. The summed E-state index contributed by atoms with van der Waals surface area (Å²) in [6, 6.07) is 15.7. The second-order valence-corrected chi connectivity index (χ2v) is 5.99. The first-order valence-electron chi connectivity index (χ1n) is 8.44. The van der Waals surface area contributed by atoms with Crippen LogP contribution in [-0.4, -0.2) is 12.2 Å². The van der Waals surface area contributed by atoms with Crippen LogP contribution in [0.15, 0.2) is 48.5 Å². The molecule has 0 aromatic heterocycles. The van der Waals surface area contributed by atoms with Crippen LogP contribution in [0.4, 0.5) is 0 Å². The number of ether oxygens (including phenoxy) is 1. The van der Waals surface area contributed by atoms with Gasteiger partial charge in [-0.25, -0.2) is 0 Å². The number of phenolic OH excluding ortho intramolecular Hbond substituents is 1. The molecule has 0 aliphatic heterocycles. The van der Waals surface area contributed by atoms with Gasteiger partial charge in [-0.05, 0) is 60.1 Å². The van der Waals surface area contributed by atoms with E-state index in [1.165, 1.54) is 17.5 Å². The molecule has 0 saturated heterocycles. The molecule has 0 heterocycles. The minimum absolute atomic E-state index is 0.364. The first kappa shape index (κ1) is 19.1. The molecule has 2 aromatic rings. The number of phenols is 1. The van der Waals surface area contributed by atoms with E-state index < -0.39 is 0 Å². The van der Waals surface area contributed by atoms with Crippen molar-refractivity contribution in [2.75, 3.05) is 7.11 Å². The maximum Gasteiger partial charge on any atom is 0.119 e. The Morgan fingerprint density at radius 2 is 1.39 bits per heavy atom. The highest BCUT2D eigenvalue weighted by atomic mass is 16.5. The van der Waals surface area contributed by atoms with E-state index in [2.05, 4.69) is 39.8 Å². The topological polar surface area (TPSA) is 29.5 Å². The number of aromatic hydroxyl groups is 1. The predicted molar refractivity (Wildman–Crippen MR) is 98.5 cm³/mol. The molecular weight excluding hydrogens is 284 g/mol. The molecule has 2 heteroatoms. The smallest absolute Gasteiger partial charge is 0.119 e. The Hall–Kier alpha value is -1.96. The van der Waals surface area contributed by atoms with Crippen molar-refractivity contribution in [3.05, 3.63) is 59.7 Å². The summed E-state index contributed by atoms with van der Waals surface area (Å²) in [5.41, 5.74) is 2.57. The lowest BCUT2D eigenvalue weighted by atomic mass is 9.99. The highest BCUT2D eigenvalue weighted by Crippen LogP contribution is 2.22. The van der Waals surface area contributed by atoms with Gasteiger partial charge in [0.2, 0.25) is 0 Å². The highest BCUT2D eigenvalue weighted by Gasteiger charge is 2.03. The van der Waals surface area contributed by atoms with Crippen molar-refractivity contribution in [2.45, 2.75) is 52.4 Å². The summed E-state index contributed by atoms with van der Waals surface area (Å²) in [4.78, 5) is 0. The van der Waals surface area contributed by atoms with Gasteiger partial charge in [0, 0.05) is 0 Å². The molecular formula is C21H30O2. The lowest BCUT2D eigenvalue weighted by Gasteiger charge is -2.09. The number of hydrogen-bond acceptors (Lipinski definition) is 2. The maximum absolute atomic E-state index is 9.16. The fourth-order valence-corrected chi connectivity index (χ4v) is 2.25. The largest absolute Gasteiger partial charge is 0.508 e. The van der Waals surface area contributed by atoms with E-state index in [1.807, 2.05) is 30.3 Å². The molecule has 126 valence electrons. The minimum Gasteiger partial charge on any atom is -0.508 e. The molecule has 0 saturated carbocycles. The van der Waals surface area contributed by atoms with E-state index in [0.717, 1.165) is 12.2 Å². The van der Waals surface area contributed by atoms with Crippen molar-refractivity contribution in [3.8, 4) is 11.5 Å². The Morgan fingerprint density at radius 3 is 1.87 bits per heavy atom. The minimum atomic E-state index is 0.364. The fourth-order valence-electron chi connectivity index (χ4n) is 2.25. The van der Waals surface area contributed by atoms with Crippen LogP contribution < -0.4 is 4.74 Å². The molecule has 2 unspecified atom stereocenters. The Kier molecular flexibility index (Phi) is 8.25. The number of rotatable bonds is 5. The van der Waals surface area contributed by atoms with Crippen LogP contribution in [0.25, 0.3) is 0 Å². The van der Waals surface area contributed by atoms with Crippen molar-refractivity contribution < 1.29 is 9.84 Å². The maximum atomic E-state index is 9.16. The van der Waals surface area contributed by atoms with Crippen molar-refractivity contribution in [3.63, 3.8) is 0 Å². The molecule has 2 nitrogen and oxygen atoms in total. The summed E-state index contributed by atoms with van der Waals surface area (Å²) in [5, 5.41) is 9.16. The summed E-state index contributed by atoms with van der Waals surface area (Å²) in [6.45, 7) is 8.74. The third kappa shape index (κ3) is 6.35. The van der Waals surface area contributed by atoms with E-state index in [1.54, 1.807) is 13.2 Å². The van der Waals surface area contributed by atoms with E-state index in [4.69, 9.17) is 9.84 Å². The van der Waals surface area contributed by atoms with Gasteiger partial charge in [-0.3, -0.25) is 0 Å². The van der Waals surface area contributed by atoms with Gasteiger partial charge in [-0.2, -0.15) is 0 Å². The normalized spacial score (nSPS) is 12.7. The zero-order valence-corrected chi connectivity index (χ0v) is 15.0. The molecule has 0 radical (unpaired) electrons. The van der Waals surface area contributed by atoms with Crippen LogP contribution in [0.5, 0.6) is 11.5 Å². The van der Waals surface area contributed by atoms with Crippen molar-refractivity contribution in [1.29, 1.82) is 0 Å². The number of hydrogen-bond donors (Lipinski definition) is 1. The quantitative estimate of drug-likeness (QED) is 0.721. The van der Waals surface area contributed by atoms with Crippen LogP contribution >= 0.6 is 0 Å². The third-order valence-electron chi connectivity index (χ3n) is 4.33. The lowest BCUT2D eigenvalue weighted by Crippen LogP contribution is -1.91. The molecule has 2 rings (SSSR count). The van der Waals surface area contributed by atoms with Crippen LogP contribution in [-0.2, 0) is 0 Å². The fraction of sp³-hybridized carbons (Fsp3) is 0.429. The SMILES string of the molecule is CCC(C)c1cccc(O)c1.CCC(C)c1cccc(OC)c1. The monoisotopic (exact) mass is 314 g/mol. The molecule has 0 spiro atoms. The van der Waals surface area contributed by atoms with Gasteiger partial charge in [0.05, 0.1) is 7.11 Å². The summed E-state index contributed by atoms with van der Waals surface area (Å²) >= 11 is 0. The van der Waals surface area contributed by atoms with Gasteiger partial charge in [0.15, 0.2) is 0 Å². The second kappa shape index (κ2) is 9.94. The van der Waals surface area contributed by atoms with E-state index in [0.29, 0.717) is 17.6 Å². The van der Waals surface area contributed by atoms with E-state index in [-0.39, 0.29) is 0 Å². The Bertz CT molecular complexity index is 578. The highest BCUT2D eigenvalue weighted by molar-refractivity contribution is 5.30. The first-order chi connectivity index (χ1) is 11.0. The van der Waals surface area contributed by atoms with Crippen molar-refractivity contribution in [2.24, 2.45) is 0 Å². The van der Waals surface area contributed by atoms with Gasteiger partial charge < -0.3 is 9.84 Å². The standard InChI is InChI=1S/C11H16O.C10H14O/c1-4-9(2)10-6-5-7-11(8-10)12-3;1-3-8(2)9-5-4-6-10(11)7-9/h5-9H,4H2,1-3H3;4-8,11H,3H2,1-2H3. The number of benzene rings is 2. The van der Waals surface area contributed by atoms with Crippen LogP contribution in [0.3, 0.4) is 0 Å². The van der Waals surface area contributed by atoms with Gasteiger partial charge in [-0.1, -0.05) is 52.0 Å². The average Bonchev–Trinajstić information content (AvgIpc) is 2.60. The molecule has 0 fully saturated rings. The summed E-state index contributed by atoms with van der Waals surface area (Å²) in [7, 11) is 1.70. The lowest BCUT2D eigenvalue weighted by molar-refractivity contribution is 0.414. The first-order valence-corrected chi connectivity index (χ1v) is 8.44.